The molecular weight excluding hydrogens is 318 g/mol. The van der Waals surface area contributed by atoms with Crippen molar-refractivity contribution >= 4 is 11.8 Å². The van der Waals surface area contributed by atoms with E-state index in [0.29, 0.717) is 31.7 Å². The highest BCUT2D eigenvalue weighted by Gasteiger charge is 2.36. The molecule has 2 aromatic rings. The highest BCUT2D eigenvalue weighted by molar-refractivity contribution is 5.86. The van der Waals surface area contributed by atoms with Crippen LogP contribution in [0.25, 0.3) is 0 Å². The van der Waals surface area contributed by atoms with Crippen molar-refractivity contribution in [3.8, 4) is 11.5 Å². The predicted molar refractivity (Wildman–Crippen MR) is 93.0 cm³/mol. The number of ether oxygens (including phenoxy) is 1. The zero-order valence-corrected chi connectivity index (χ0v) is 14.1. The first-order valence-corrected chi connectivity index (χ1v) is 8.28. The highest BCUT2D eigenvalue weighted by atomic mass is 16.5. The third kappa shape index (κ3) is 4.35. The molecule has 2 heterocycles. The summed E-state index contributed by atoms with van der Waals surface area (Å²) < 4.78 is 5.69. The van der Waals surface area contributed by atoms with Crippen LogP contribution in [-0.4, -0.2) is 23.3 Å². The van der Waals surface area contributed by atoms with Gasteiger partial charge in [0.1, 0.15) is 11.5 Å². The number of benzene rings is 1. The van der Waals surface area contributed by atoms with E-state index >= 15 is 0 Å². The molecule has 6 nitrogen and oxygen atoms in total. The standard InChI is InChI=1S/C19H21N3O3/c1-19(10-9-17(23)22-13-19)18(24)21-11-14-7-8-16(12-20-14)25-15-5-3-2-4-6-15/h2-8,12H,9-11,13H2,1H3,(H,21,24)(H,22,23). The van der Waals surface area contributed by atoms with Gasteiger partial charge in [0.25, 0.3) is 0 Å². The number of nitrogens with zero attached hydrogens (tertiary/aromatic N) is 1. The zero-order chi connectivity index (χ0) is 17.7. The second-order valence-electron chi connectivity index (χ2n) is 6.42. The number of piperidine rings is 1. The molecule has 2 N–H and O–H groups in total. The number of carbonyl (C=O) groups excluding carboxylic acids is 2. The normalized spacial score (nSPS) is 19.8. The molecule has 1 aromatic heterocycles. The summed E-state index contributed by atoms with van der Waals surface area (Å²) in [5.74, 6) is 1.32. The Morgan fingerprint density at radius 3 is 2.68 bits per heavy atom. The Morgan fingerprint density at radius 2 is 2.04 bits per heavy atom. The van der Waals surface area contributed by atoms with E-state index in [1.54, 1.807) is 6.20 Å². The smallest absolute Gasteiger partial charge is 0.228 e. The number of aromatic nitrogens is 1. The fourth-order valence-electron chi connectivity index (χ4n) is 2.64. The summed E-state index contributed by atoms with van der Waals surface area (Å²) in [6.07, 6.45) is 2.58. The third-order valence-corrected chi connectivity index (χ3v) is 4.33. The Hall–Kier alpha value is -2.89. The van der Waals surface area contributed by atoms with Gasteiger partial charge >= 0.3 is 0 Å². The number of hydrogen-bond acceptors (Lipinski definition) is 4. The van der Waals surface area contributed by atoms with Crippen LogP contribution in [0.15, 0.2) is 48.7 Å². The molecule has 1 saturated heterocycles. The minimum Gasteiger partial charge on any atom is -0.456 e. The maximum atomic E-state index is 12.4. The van der Waals surface area contributed by atoms with Gasteiger partial charge in [-0.15, -0.1) is 0 Å². The van der Waals surface area contributed by atoms with Gasteiger partial charge in [0, 0.05) is 13.0 Å². The maximum absolute atomic E-state index is 12.4. The van der Waals surface area contributed by atoms with Crippen LogP contribution in [0.5, 0.6) is 11.5 Å². The number of carbonyl (C=O) groups is 2. The summed E-state index contributed by atoms with van der Waals surface area (Å²) in [5.41, 5.74) is 0.182. The van der Waals surface area contributed by atoms with Crippen LogP contribution in [-0.2, 0) is 16.1 Å². The van der Waals surface area contributed by atoms with E-state index in [9.17, 15) is 9.59 Å². The molecule has 0 aliphatic carbocycles. The first-order valence-electron chi connectivity index (χ1n) is 8.28. The molecule has 1 aliphatic heterocycles. The second kappa shape index (κ2) is 7.34. The fraction of sp³-hybridized carbons (Fsp3) is 0.316. The van der Waals surface area contributed by atoms with Gasteiger partial charge in [0.2, 0.25) is 11.8 Å². The van der Waals surface area contributed by atoms with Gasteiger partial charge in [-0.1, -0.05) is 18.2 Å². The van der Waals surface area contributed by atoms with Crippen molar-refractivity contribution in [3.05, 3.63) is 54.4 Å². The zero-order valence-electron chi connectivity index (χ0n) is 14.1. The van der Waals surface area contributed by atoms with Crippen molar-refractivity contribution in [1.29, 1.82) is 0 Å². The fourth-order valence-corrected chi connectivity index (χ4v) is 2.64. The Morgan fingerprint density at radius 1 is 1.24 bits per heavy atom. The van der Waals surface area contributed by atoms with E-state index in [4.69, 9.17) is 4.74 Å². The van der Waals surface area contributed by atoms with Gasteiger partial charge in [-0.05, 0) is 37.6 Å². The first kappa shape index (κ1) is 17.0. The number of para-hydroxylation sites is 1. The summed E-state index contributed by atoms with van der Waals surface area (Å²) in [5, 5.41) is 5.65. The summed E-state index contributed by atoms with van der Waals surface area (Å²) >= 11 is 0. The number of hydrogen-bond donors (Lipinski definition) is 2. The van der Waals surface area contributed by atoms with Crippen LogP contribution in [0.2, 0.25) is 0 Å². The third-order valence-electron chi connectivity index (χ3n) is 4.33. The lowest BCUT2D eigenvalue weighted by Crippen LogP contribution is -2.50. The van der Waals surface area contributed by atoms with E-state index < -0.39 is 5.41 Å². The lowest BCUT2D eigenvalue weighted by Gasteiger charge is -2.32. The van der Waals surface area contributed by atoms with Crippen molar-refractivity contribution in [2.75, 3.05) is 6.54 Å². The minimum atomic E-state index is -0.565. The van der Waals surface area contributed by atoms with Gasteiger partial charge in [0.15, 0.2) is 0 Å². The molecule has 1 fully saturated rings. The quantitative estimate of drug-likeness (QED) is 0.877. The van der Waals surface area contributed by atoms with Crippen LogP contribution in [0.1, 0.15) is 25.5 Å². The first-order chi connectivity index (χ1) is 12.0. The van der Waals surface area contributed by atoms with Crippen molar-refractivity contribution in [3.63, 3.8) is 0 Å². The van der Waals surface area contributed by atoms with Crippen LogP contribution >= 0.6 is 0 Å². The molecular formula is C19H21N3O3. The summed E-state index contributed by atoms with van der Waals surface area (Å²) in [6.45, 7) is 2.58. The molecule has 1 unspecified atom stereocenters. The van der Waals surface area contributed by atoms with Crippen LogP contribution in [0.4, 0.5) is 0 Å². The van der Waals surface area contributed by atoms with E-state index in [1.807, 2.05) is 49.4 Å². The maximum Gasteiger partial charge on any atom is 0.228 e. The van der Waals surface area contributed by atoms with Crippen molar-refractivity contribution < 1.29 is 14.3 Å². The molecule has 130 valence electrons. The predicted octanol–water partition coefficient (Wildman–Crippen LogP) is 2.41. The van der Waals surface area contributed by atoms with Crippen LogP contribution < -0.4 is 15.4 Å². The molecule has 0 bridgehead atoms. The minimum absolute atomic E-state index is 0.000876. The average Bonchev–Trinajstić information content (AvgIpc) is 2.64. The van der Waals surface area contributed by atoms with Crippen LogP contribution in [0.3, 0.4) is 0 Å². The molecule has 1 atom stereocenters. The van der Waals surface area contributed by atoms with Gasteiger partial charge in [-0.25, -0.2) is 0 Å². The topological polar surface area (TPSA) is 80.3 Å². The second-order valence-corrected chi connectivity index (χ2v) is 6.42. The Labute approximate surface area is 146 Å². The number of nitrogens with one attached hydrogen (secondary N) is 2. The van der Waals surface area contributed by atoms with Gasteiger partial charge in [-0.3, -0.25) is 14.6 Å². The molecule has 2 amide bonds. The van der Waals surface area contributed by atoms with Gasteiger partial charge in [-0.2, -0.15) is 0 Å². The molecule has 3 rings (SSSR count). The molecule has 0 spiro atoms. The number of amides is 2. The SMILES string of the molecule is CC1(C(=O)NCc2ccc(Oc3ccccc3)cn2)CCC(=O)NC1. The Kier molecular flexibility index (Phi) is 4.97. The summed E-state index contributed by atoms with van der Waals surface area (Å²) in [4.78, 5) is 28.0. The number of pyridine rings is 1. The molecule has 1 aromatic carbocycles. The van der Waals surface area contributed by atoms with E-state index in [1.165, 1.54) is 0 Å². The molecule has 25 heavy (non-hydrogen) atoms. The van der Waals surface area contributed by atoms with Crippen molar-refractivity contribution in [2.45, 2.75) is 26.3 Å². The molecule has 6 heteroatoms. The van der Waals surface area contributed by atoms with Gasteiger partial charge in [0.05, 0.1) is 23.9 Å². The highest BCUT2D eigenvalue weighted by Crippen LogP contribution is 2.26. The lowest BCUT2D eigenvalue weighted by molar-refractivity contribution is -0.134. The average molecular weight is 339 g/mol. The van der Waals surface area contributed by atoms with E-state index in [-0.39, 0.29) is 11.8 Å². The summed E-state index contributed by atoms with van der Waals surface area (Å²) in [6, 6.07) is 13.1. The van der Waals surface area contributed by atoms with Crippen LogP contribution in [0, 0.1) is 5.41 Å². The lowest BCUT2D eigenvalue weighted by atomic mass is 9.81. The monoisotopic (exact) mass is 339 g/mol. The van der Waals surface area contributed by atoms with Gasteiger partial charge < -0.3 is 15.4 Å². The van der Waals surface area contributed by atoms with E-state index in [2.05, 4.69) is 15.6 Å². The van der Waals surface area contributed by atoms with Crippen molar-refractivity contribution in [2.24, 2.45) is 5.41 Å². The van der Waals surface area contributed by atoms with Crippen molar-refractivity contribution in [1.82, 2.24) is 15.6 Å². The molecule has 0 saturated carbocycles. The van der Waals surface area contributed by atoms with E-state index in [0.717, 1.165) is 11.4 Å². The largest absolute Gasteiger partial charge is 0.456 e. The number of rotatable bonds is 5. The Balaban J connectivity index is 1.53. The Bertz CT molecular complexity index is 734. The summed E-state index contributed by atoms with van der Waals surface area (Å²) in [7, 11) is 0. The molecule has 1 aliphatic rings. The molecule has 0 radical (unpaired) electrons.